The number of esters is 1. The van der Waals surface area contributed by atoms with Crippen LogP contribution in [-0.4, -0.2) is 57.0 Å². The number of ketones is 1. The second kappa shape index (κ2) is 11.2. The average molecular weight is 506 g/mol. The van der Waals surface area contributed by atoms with Crippen LogP contribution in [0.3, 0.4) is 0 Å². The summed E-state index contributed by atoms with van der Waals surface area (Å²) in [4.78, 5) is 30.6. The monoisotopic (exact) mass is 505 g/mol. The Kier molecular flexibility index (Phi) is 8.84. The molecule has 0 unspecified atom stereocenters. The van der Waals surface area contributed by atoms with Crippen molar-refractivity contribution in [3.8, 4) is 0 Å². The number of cyclic esters (lactones) is 1. The number of rotatable bonds is 3. The zero-order valence-electron chi connectivity index (χ0n) is 22.7. The van der Waals surface area contributed by atoms with Crippen LogP contribution in [0.2, 0.25) is 0 Å². The van der Waals surface area contributed by atoms with Crippen molar-refractivity contribution in [3.05, 3.63) is 23.4 Å². The number of hydrogen-bond donors (Lipinski definition) is 2. The van der Waals surface area contributed by atoms with Gasteiger partial charge in [-0.3, -0.25) is 9.59 Å². The SMILES string of the molecule is CC[C@]12C[C@@H](C(C)=Cc3coc(C)n3)OC(=O)C[C@H](O)C(C)(C)C(=O)[C@H](C)[C@@H](O)[C@@H](C)CCC[C@H]1O2. The van der Waals surface area contributed by atoms with Crippen molar-refractivity contribution in [1.29, 1.82) is 0 Å². The van der Waals surface area contributed by atoms with Gasteiger partial charge in [0.25, 0.3) is 0 Å². The maximum Gasteiger partial charge on any atom is 0.309 e. The Labute approximate surface area is 214 Å². The molecule has 3 heterocycles. The van der Waals surface area contributed by atoms with Crippen molar-refractivity contribution in [2.75, 3.05) is 0 Å². The Bertz CT molecular complexity index is 967. The molecule has 2 aliphatic heterocycles. The number of carbonyl (C=O) groups is 2. The van der Waals surface area contributed by atoms with Crippen molar-refractivity contribution in [2.24, 2.45) is 17.3 Å². The standard InChI is InChI=1S/C28H43NO7/c1-8-28-14-21(17(3)12-20-15-34-19(5)29-20)35-24(31)13-22(30)27(6,7)26(33)18(4)25(32)16(2)10-9-11-23(28)36-28/h12,15-16,18,21-23,25,30,32H,8-11,13-14H2,1-7H3/t16-,18+,21-,22-,23+,25-,28-/m0/s1. The van der Waals surface area contributed by atoms with Gasteiger partial charge in [-0.1, -0.05) is 41.0 Å². The van der Waals surface area contributed by atoms with E-state index >= 15 is 0 Å². The molecule has 2 fully saturated rings. The minimum Gasteiger partial charge on any atom is -0.458 e. The molecule has 7 atom stereocenters. The summed E-state index contributed by atoms with van der Waals surface area (Å²) < 4.78 is 17.4. The number of aryl methyl sites for hydroxylation is 1. The summed E-state index contributed by atoms with van der Waals surface area (Å²) in [6.07, 6.45) is 4.20. The van der Waals surface area contributed by atoms with Crippen LogP contribution in [0.4, 0.5) is 0 Å². The third kappa shape index (κ3) is 6.26. The van der Waals surface area contributed by atoms with Crippen LogP contribution >= 0.6 is 0 Å². The highest BCUT2D eigenvalue weighted by atomic mass is 16.6. The topological polar surface area (TPSA) is 122 Å². The summed E-state index contributed by atoms with van der Waals surface area (Å²) in [6.45, 7) is 12.6. The van der Waals surface area contributed by atoms with Crippen LogP contribution < -0.4 is 0 Å². The largest absolute Gasteiger partial charge is 0.458 e. The molecule has 2 N–H and O–H groups in total. The van der Waals surface area contributed by atoms with Gasteiger partial charge in [0.2, 0.25) is 0 Å². The highest BCUT2D eigenvalue weighted by molar-refractivity contribution is 5.88. The molecule has 8 nitrogen and oxygen atoms in total. The third-order valence-corrected chi connectivity index (χ3v) is 8.29. The van der Waals surface area contributed by atoms with Crippen LogP contribution in [0, 0.1) is 24.2 Å². The first-order valence-electron chi connectivity index (χ1n) is 13.2. The molecular formula is C28H43NO7. The molecule has 0 radical (unpaired) electrons. The van der Waals surface area contributed by atoms with E-state index < -0.39 is 35.6 Å². The summed E-state index contributed by atoms with van der Waals surface area (Å²) in [6, 6.07) is 0. The number of fused-ring (bicyclic) bond motifs is 1. The number of carbonyl (C=O) groups excluding carboxylic acids is 2. The van der Waals surface area contributed by atoms with E-state index in [1.165, 1.54) is 0 Å². The van der Waals surface area contributed by atoms with E-state index in [-0.39, 0.29) is 29.8 Å². The van der Waals surface area contributed by atoms with Crippen LogP contribution in [0.5, 0.6) is 0 Å². The van der Waals surface area contributed by atoms with Crippen LogP contribution in [0.15, 0.2) is 16.3 Å². The fraction of sp³-hybridized carbons (Fsp3) is 0.750. The average Bonchev–Trinajstić information content (AvgIpc) is 3.35. The number of Topliss-reactive ketones (excluding diaryl/α,β-unsaturated/α-hetero) is 1. The van der Waals surface area contributed by atoms with E-state index in [0.29, 0.717) is 18.0 Å². The maximum atomic E-state index is 13.2. The van der Waals surface area contributed by atoms with Crippen molar-refractivity contribution in [2.45, 2.75) is 117 Å². The Hall–Kier alpha value is -2.03. The molecule has 0 bridgehead atoms. The maximum absolute atomic E-state index is 13.2. The lowest BCUT2D eigenvalue weighted by Gasteiger charge is -2.34. The van der Waals surface area contributed by atoms with Gasteiger partial charge in [0.15, 0.2) is 5.89 Å². The molecule has 0 spiro atoms. The molecule has 2 saturated heterocycles. The molecule has 0 aliphatic carbocycles. The fourth-order valence-corrected chi connectivity index (χ4v) is 5.40. The number of oxazole rings is 1. The molecule has 0 aromatic carbocycles. The molecule has 202 valence electrons. The molecule has 36 heavy (non-hydrogen) atoms. The van der Waals surface area contributed by atoms with Gasteiger partial charge in [0.1, 0.15) is 23.8 Å². The van der Waals surface area contributed by atoms with E-state index in [0.717, 1.165) is 31.3 Å². The van der Waals surface area contributed by atoms with E-state index in [4.69, 9.17) is 13.9 Å². The zero-order valence-corrected chi connectivity index (χ0v) is 22.7. The Morgan fingerprint density at radius 3 is 2.53 bits per heavy atom. The van der Waals surface area contributed by atoms with Crippen molar-refractivity contribution in [1.82, 2.24) is 4.98 Å². The number of aromatic nitrogens is 1. The second-order valence-electron chi connectivity index (χ2n) is 11.4. The van der Waals surface area contributed by atoms with Crippen LogP contribution in [-0.2, 0) is 19.1 Å². The van der Waals surface area contributed by atoms with Gasteiger partial charge in [-0.05, 0) is 43.8 Å². The van der Waals surface area contributed by atoms with Crippen molar-refractivity contribution >= 4 is 17.8 Å². The first kappa shape index (κ1) is 28.5. The van der Waals surface area contributed by atoms with E-state index in [9.17, 15) is 19.8 Å². The number of hydrogen-bond acceptors (Lipinski definition) is 8. The molecule has 0 saturated carbocycles. The molecule has 2 aliphatic rings. The van der Waals surface area contributed by atoms with E-state index in [2.05, 4.69) is 11.9 Å². The number of nitrogens with zero attached hydrogens (tertiary/aromatic N) is 1. The smallest absolute Gasteiger partial charge is 0.309 e. The summed E-state index contributed by atoms with van der Waals surface area (Å²) in [5, 5.41) is 21.8. The van der Waals surface area contributed by atoms with E-state index in [1.807, 2.05) is 19.9 Å². The molecule has 3 rings (SSSR count). The minimum absolute atomic E-state index is 0.0478. The predicted molar refractivity (Wildman–Crippen MR) is 135 cm³/mol. The second-order valence-corrected chi connectivity index (χ2v) is 11.4. The molecule has 1 aromatic rings. The first-order valence-corrected chi connectivity index (χ1v) is 13.2. The normalized spacial score (nSPS) is 36.8. The Morgan fingerprint density at radius 1 is 1.22 bits per heavy atom. The zero-order chi connectivity index (χ0) is 26.8. The van der Waals surface area contributed by atoms with Crippen LogP contribution in [0.1, 0.15) is 91.7 Å². The van der Waals surface area contributed by atoms with Gasteiger partial charge in [-0.15, -0.1) is 0 Å². The van der Waals surface area contributed by atoms with Gasteiger partial charge in [0.05, 0.1) is 35.7 Å². The van der Waals surface area contributed by atoms with Crippen molar-refractivity contribution < 1.29 is 33.7 Å². The predicted octanol–water partition coefficient (Wildman–Crippen LogP) is 4.40. The summed E-state index contributed by atoms with van der Waals surface area (Å²) >= 11 is 0. The lowest BCUT2D eigenvalue weighted by atomic mass is 9.73. The number of aliphatic hydroxyl groups is 2. The van der Waals surface area contributed by atoms with Crippen LogP contribution in [0.25, 0.3) is 6.08 Å². The van der Waals surface area contributed by atoms with Gasteiger partial charge in [0, 0.05) is 19.3 Å². The lowest BCUT2D eigenvalue weighted by molar-refractivity contribution is -0.154. The molecule has 8 heteroatoms. The molecule has 0 amide bonds. The first-order chi connectivity index (χ1) is 16.8. The summed E-state index contributed by atoms with van der Waals surface area (Å²) in [5.74, 6) is -1.05. The Morgan fingerprint density at radius 2 is 1.92 bits per heavy atom. The van der Waals surface area contributed by atoms with Gasteiger partial charge < -0.3 is 24.1 Å². The molecule has 1 aromatic heterocycles. The van der Waals surface area contributed by atoms with Gasteiger partial charge >= 0.3 is 5.97 Å². The minimum atomic E-state index is -1.25. The third-order valence-electron chi connectivity index (χ3n) is 8.29. The summed E-state index contributed by atoms with van der Waals surface area (Å²) in [5.41, 5.74) is -0.167. The summed E-state index contributed by atoms with van der Waals surface area (Å²) in [7, 11) is 0. The van der Waals surface area contributed by atoms with E-state index in [1.54, 1.807) is 34.0 Å². The number of ether oxygens (including phenoxy) is 2. The lowest BCUT2D eigenvalue weighted by Crippen LogP contribution is -2.45. The van der Waals surface area contributed by atoms with Crippen molar-refractivity contribution in [3.63, 3.8) is 0 Å². The fourth-order valence-electron chi connectivity index (χ4n) is 5.40. The highest BCUT2D eigenvalue weighted by Crippen LogP contribution is 2.48. The quantitative estimate of drug-likeness (QED) is 0.458. The van der Waals surface area contributed by atoms with Gasteiger partial charge in [-0.25, -0.2) is 4.98 Å². The Balaban J connectivity index is 1.89. The number of aliphatic hydroxyl groups excluding tert-OH is 2. The highest BCUT2D eigenvalue weighted by Gasteiger charge is 2.56. The molecular weight excluding hydrogens is 462 g/mol. The van der Waals surface area contributed by atoms with Gasteiger partial charge in [-0.2, -0.15) is 0 Å². The number of epoxide rings is 1.